The zero-order valence-corrected chi connectivity index (χ0v) is 13.2. The molecule has 2 aromatic heterocycles. The first-order chi connectivity index (χ1) is 10.2. The maximum Gasteiger partial charge on any atom is 0.266 e. The summed E-state index contributed by atoms with van der Waals surface area (Å²) >= 11 is 4.92. The SMILES string of the molecule is N#Cc1c(-c2ccsc2)cc(-c2ccc(Br)cc2)[nH]c1=O. The monoisotopic (exact) mass is 356 g/mol. The summed E-state index contributed by atoms with van der Waals surface area (Å²) in [6, 6.07) is 13.4. The molecule has 1 N–H and O–H groups in total. The van der Waals surface area contributed by atoms with Gasteiger partial charge in [-0.15, -0.1) is 0 Å². The van der Waals surface area contributed by atoms with Crippen LogP contribution in [0.2, 0.25) is 0 Å². The van der Waals surface area contributed by atoms with Crippen molar-refractivity contribution in [2.24, 2.45) is 0 Å². The molecule has 0 atom stereocenters. The van der Waals surface area contributed by atoms with Crippen LogP contribution in [0.4, 0.5) is 0 Å². The third kappa shape index (κ3) is 2.68. The largest absolute Gasteiger partial charge is 0.321 e. The summed E-state index contributed by atoms with van der Waals surface area (Å²) in [6.45, 7) is 0. The van der Waals surface area contributed by atoms with Crippen LogP contribution in [0.25, 0.3) is 22.4 Å². The Balaban J connectivity index is 2.23. The average Bonchev–Trinajstić information content (AvgIpc) is 3.01. The van der Waals surface area contributed by atoms with Crippen molar-refractivity contribution in [2.45, 2.75) is 0 Å². The fourth-order valence-corrected chi connectivity index (χ4v) is 3.02. The van der Waals surface area contributed by atoms with Crippen LogP contribution in [-0.4, -0.2) is 4.98 Å². The van der Waals surface area contributed by atoms with Gasteiger partial charge in [0.2, 0.25) is 0 Å². The molecule has 0 spiro atoms. The van der Waals surface area contributed by atoms with Crippen LogP contribution in [0.5, 0.6) is 0 Å². The van der Waals surface area contributed by atoms with Crippen LogP contribution in [0, 0.1) is 11.3 Å². The van der Waals surface area contributed by atoms with Gasteiger partial charge in [0.15, 0.2) is 0 Å². The number of nitrogens with one attached hydrogen (secondary N) is 1. The van der Waals surface area contributed by atoms with Crippen LogP contribution in [0.1, 0.15) is 5.56 Å². The Hall–Kier alpha value is -2.16. The molecular weight excluding hydrogens is 348 g/mol. The van der Waals surface area contributed by atoms with Crippen molar-refractivity contribution in [2.75, 3.05) is 0 Å². The first-order valence-electron chi connectivity index (χ1n) is 6.15. The Labute approximate surface area is 133 Å². The lowest BCUT2D eigenvalue weighted by Crippen LogP contribution is -2.12. The fraction of sp³-hybridized carbons (Fsp3) is 0. The van der Waals surface area contributed by atoms with Crippen LogP contribution in [0.15, 0.2) is 56.4 Å². The quantitative estimate of drug-likeness (QED) is 0.739. The molecule has 0 aliphatic rings. The van der Waals surface area contributed by atoms with Crippen molar-refractivity contribution in [3.63, 3.8) is 0 Å². The smallest absolute Gasteiger partial charge is 0.266 e. The van der Waals surface area contributed by atoms with Gasteiger partial charge in [0.25, 0.3) is 5.56 Å². The van der Waals surface area contributed by atoms with E-state index in [1.54, 1.807) is 0 Å². The molecule has 0 saturated heterocycles. The normalized spacial score (nSPS) is 10.3. The molecule has 0 unspecified atom stereocenters. The van der Waals surface area contributed by atoms with Gasteiger partial charge in [-0.2, -0.15) is 16.6 Å². The molecule has 0 radical (unpaired) electrons. The zero-order chi connectivity index (χ0) is 14.8. The molecule has 0 aliphatic heterocycles. The first kappa shape index (κ1) is 13.8. The Morgan fingerprint density at radius 3 is 2.52 bits per heavy atom. The summed E-state index contributed by atoms with van der Waals surface area (Å²) in [4.78, 5) is 14.9. The lowest BCUT2D eigenvalue weighted by Gasteiger charge is -2.06. The molecule has 5 heteroatoms. The van der Waals surface area contributed by atoms with E-state index in [2.05, 4.69) is 20.9 Å². The van der Waals surface area contributed by atoms with E-state index in [9.17, 15) is 10.1 Å². The summed E-state index contributed by atoms with van der Waals surface area (Å²) in [5.41, 5.74) is 2.94. The highest BCUT2D eigenvalue weighted by Gasteiger charge is 2.12. The van der Waals surface area contributed by atoms with E-state index >= 15 is 0 Å². The number of hydrogen-bond donors (Lipinski definition) is 1. The van der Waals surface area contributed by atoms with Crippen LogP contribution in [0.3, 0.4) is 0 Å². The van der Waals surface area contributed by atoms with Crippen molar-refractivity contribution in [3.8, 4) is 28.5 Å². The molecule has 0 amide bonds. The molecule has 3 nitrogen and oxygen atoms in total. The van der Waals surface area contributed by atoms with Gasteiger partial charge in [0.1, 0.15) is 11.6 Å². The van der Waals surface area contributed by atoms with E-state index in [1.807, 2.05) is 53.2 Å². The van der Waals surface area contributed by atoms with Gasteiger partial charge in [-0.25, -0.2) is 0 Å². The van der Waals surface area contributed by atoms with E-state index in [4.69, 9.17) is 0 Å². The van der Waals surface area contributed by atoms with Crippen LogP contribution in [-0.2, 0) is 0 Å². The Kier molecular flexibility index (Phi) is 3.74. The van der Waals surface area contributed by atoms with E-state index in [-0.39, 0.29) is 11.1 Å². The minimum atomic E-state index is -0.362. The molecule has 2 heterocycles. The lowest BCUT2D eigenvalue weighted by atomic mass is 10.0. The zero-order valence-electron chi connectivity index (χ0n) is 10.8. The third-order valence-corrected chi connectivity index (χ3v) is 4.34. The number of halogens is 1. The summed E-state index contributed by atoms with van der Waals surface area (Å²) in [7, 11) is 0. The first-order valence-corrected chi connectivity index (χ1v) is 7.88. The van der Waals surface area contributed by atoms with Crippen molar-refractivity contribution in [3.05, 3.63) is 67.5 Å². The molecule has 3 aromatic rings. The minimum absolute atomic E-state index is 0.147. The van der Waals surface area contributed by atoms with E-state index < -0.39 is 0 Å². The molecule has 0 saturated carbocycles. The standard InChI is InChI=1S/C16H9BrN2OS/c17-12-3-1-10(2-4-12)15-7-13(11-5-6-21-9-11)14(8-18)16(20)19-15/h1-7,9H,(H,19,20). The number of hydrogen-bond acceptors (Lipinski definition) is 3. The van der Waals surface area contributed by atoms with Gasteiger partial charge in [-0.3, -0.25) is 4.79 Å². The van der Waals surface area contributed by atoms with Crippen molar-refractivity contribution in [1.82, 2.24) is 4.98 Å². The second-order valence-electron chi connectivity index (χ2n) is 4.43. The Morgan fingerprint density at radius 1 is 1.14 bits per heavy atom. The summed E-state index contributed by atoms with van der Waals surface area (Å²) < 4.78 is 0.973. The number of aromatic amines is 1. The molecule has 3 rings (SSSR count). The second kappa shape index (κ2) is 5.68. The lowest BCUT2D eigenvalue weighted by molar-refractivity contribution is 1.22. The van der Waals surface area contributed by atoms with E-state index in [1.165, 1.54) is 11.3 Å². The van der Waals surface area contributed by atoms with Crippen molar-refractivity contribution in [1.29, 1.82) is 5.26 Å². The number of nitrogens with zero attached hydrogens (tertiary/aromatic N) is 1. The molecule has 21 heavy (non-hydrogen) atoms. The average molecular weight is 357 g/mol. The number of aromatic nitrogens is 1. The van der Waals surface area contributed by atoms with E-state index in [0.717, 1.165) is 15.6 Å². The van der Waals surface area contributed by atoms with E-state index in [0.29, 0.717) is 11.3 Å². The predicted octanol–water partition coefficient (Wildman–Crippen LogP) is 4.40. The van der Waals surface area contributed by atoms with Crippen LogP contribution >= 0.6 is 27.3 Å². The molecule has 0 bridgehead atoms. The number of thiophene rings is 1. The minimum Gasteiger partial charge on any atom is -0.321 e. The van der Waals surface area contributed by atoms with Crippen LogP contribution < -0.4 is 5.56 Å². The highest BCUT2D eigenvalue weighted by molar-refractivity contribution is 9.10. The predicted molar refractivity (Wildman–Crippen MR) is 88.2 cm³/mol. The molecular formula is C16H9BrN2OS. The highest BCUT2D eigenvalue weighted by atomic mass is 79.9. The molecule has 0 aliphatic carbocycles. The second-order valence-corrected chi connectivity index (χ2v) is 6.13. The Morgan fingerprint density at radius 2 is 1.90 bits per heavy atom. The van der Waals surface area contributed by atoms with Gasteiger partial charge >= 0.3 is 0 Å². The fourth-order valence-electron chi connectivity index (χ4n) is 2.10. The Bertz CT molecular complexity index is 874. The van der Waals surface area contributed by atoms with Gasteiger partial charge in [-0.05, 0) is 46.2 Å². The van der Waals surface area contributed by atoms with Gasteiger partial charge in [0.05, 0.1) is 0 Å². The number of rotatable bonds is 2. The molecule has 1 aromatic carbocycles. The number of benzene rings is 1. The molecule has 102 valence electrons. The topological polar surface area (TPSA) is 56.6 Å². The van der Waals surface area contributed by atoms with Gasteiger partial charge < -0.3 is 4.98 Å². The maximum absolute atomic E-state index is 12.1. The number of nitriles is 1. The van der Waals surface area contributed by atoms with Crippen molar-refractivity contribution >= 4 is 27.3 Å². The molecule has 0 fully saturated rings. The summed E-state index contributed by atoms with van der Waals surface area (Å²) in [5.74, 6) is 0. The van der Waals surface area contributed by atoms with Gasteiger partial charge in [0, 0.05) is 15.7 Å². The summed E-state index contributed by atoms with van der Waals surface area (Å²) in [5, 5.41) is 13.1. The third-order valence-electron chi connectivity index (χ3n) is 3.13. The van der Waals surface area contributed by atoms with Crippen molar-refractivity contribution < 1.29 is 0 Å². The highest BCUT2D eigenvalue weighted by Crippen LogP contribution is 2.28. The number of pyridine rings is 1. The van der Waals surface area contributed by atoms with Gasteiger partial charge in [-0.1, -0.05) is 28.1 Å². The summed E-state index contributed by atoms with van der Waals surface area (Å²) in [6.07, 6.45) is 0. The maximum atomic E-state index is 12.1. The number of H-pyrrole nitrogens is 1.